The summed E-state index contributed by atoms with van der Waals surface area (Å²) in [6.45, 7) is 0.328. The number of nitrogens with zero attached hydrogens (tertiary/aromatic N) is 1. The number of aromatic nitrogens is 1. The Labute approximate surface area is 163 Å². The van der Waals surface area contributed by atoms with Gasteiger partial charge in [0.05, 0.1) is 15.6 Å². The van der Waals surface area contributed by atoms with Crippen LogP contribution in [-0.4, -0.2) is 4.98 Å². The molecule has 0 atom stereocenters. The highest BCUT2D eigenvalue weighted by atomic mass is 35.5. The maximum atomic E-state index is 12.6. The minimum Gasteiger partial charge on any atom is -0.489 e. The van der Waals surface area contributed by atoms with Gasteiger partial charge in [0.15, 0.2) is 5.75 Å². The van der Waals surface area contributed by atoms with E-state index in [1.807, 2.05) is 30.3 Å². The van der Waals surface area contributed by atoms with Gasteiger partial charge >= 0.3 is 6.18 Å². The third-order valence-corrected chi connectivity index (χ3v) is 4.05. The lowest BCUT2D eigenvalue weighted by Crippen LogP contribution is -2.05. The van der Waals surface area contributed by atoms with E-state index >= 15 is 0 Å². The third-order valence-electron chi connectivity index (χ3n) is 3.49. The van der Waals surface area contributed by atoms with E-state index in [0.29, 0.717) is 18.6 Å². The van der Waals surface area contributed by atoms with Crippen molar-refractivity contribution >= 4 is 23.2 Å². The Morgan fingerprint density at radius 1 is 0.926 bits per heavy atom. The second kappa shape index (κ2) is 8.06. The molecule has 0 radical (unpaired) electrons. The van der Waals surface area contributed by atoms with Crippen LogP contribution in [0.2, 0.25) is 10.0 Å². The molecule has 0 amide bonds. The van der Waals surface area contributed by atoms with Gasteiger partial charge in [0.1, 0.15) is 12.4 Å². The fraction of sp³-hybridized carbons (Fsp3) is 0.105. The van der Waals surface area contributed by atoms with E-state index in [9.17, 15) is 13.2 Å². The van der Waals surface area contributed by atoms with Gasteiger partial charge < -0.3 is 9.47 Å². The molecule has 3 rings (SSSR count). The van der Waals surface area contributed by atoms with Gasteiger partial charge in [0.25, 0.3) is 0 Å². The van der Waals surface area contributed by atoms with E-state index in [-0.39, 0.29) is 21.7 Å². The molecular formula is C19H12Cl2F3NO2. The van der Waals surface area contributed by atoms with E-state index in [2.05, 4.69) is 4.98 Å². The average Bonchev–Trinajstić information content (AvgIpc) is 2.63. The van der Waals surface area contributed by atoms with Gasteiger partial charge in [0, 0.05) is 24.4 Å². The van der Waals surface area contributed by atoms with Crippen molar-refractivity contribution in [2.45, 2.75) is 12.8 Å². The maximum absolute atomic E-state index is 12.6. The molecule has 140 valence electrons. The summed E-state index contributed by atoms with van der Waals surface area (Å²) >= 11 is 12.3. The molecule has 3 aromatic rings. The van der Waals surface area contributed by atoms with Crippen LogP contribution in [0, 0.1) is 0 Å². The number of alkyl halides is 3. The smallest absolute Gasteiger partial charge is 0.417 e. The largest absolute Gasteiger partial charge is 0.489 e. The van der Waals surface area contributed by atoms with Gasteiger partial charge in [0.2, 0.25) is 5.88 Å². The van der Waals surface area contributed by atoms with Crippen LogP contribution in [0.25, 0.3) is 0 Å². The molecule has 1 aromatic heterocycles. The average molecular weight is 414 g/mol. The summed E-state index contributed by atoms with van der Waals surface area (Å²) in [6.07, 6.45) is -3.80. The zero-order valence-corrected chi connectivity index (χ0v) is 15.1. The van der Waals surface area contributed by atoms with Crippen molar-refractivity contribution in [3.8, 4) is 17.4 Å². The lowest BCUT2D eigenvalue weighted by molar-refractivity contribution is -0.137. The highest BCUT2D eigenvalue weighted by molar-refractivity contribution is 6.37. The number of hydrogen-bond acceptors (Lipinski definition) is 3. The number of benzene rings is 2. The third kappa shape index (κ3) is 5.05. The van der Waals surface area contributed by atoms with Crippen LogP contribution in [0.3, 0.4) is 0 Å². The van der Waals surface area contributed by atoms with Crippen LogP contribution in [0.15, 0.2) is 60.8 Å². The van der Waals surface area contributed by atoms with Gasteiger partial charge in [-0.2, -0.15) is 13.2 Å². The maximum Gasteiger partial charge on any atom is 0.417 e. The molecule has 0 fully saturated rings. The number of halogens is 5. The van der Waals surface area contributed by atoms with Crippen LogP contribution in [0.4, 0.5) is 13.2 Å². The molecule has 0 saturated carbocycles. The van der Waals surface area contributed by atoms with Crippen LogP contribution >= 0.6 is 23.2 Å². The molecule has 0 N–H and O–H groups in total. The number of hydrogen-bond donors (Lipinski definition) is 0. The summed E-state index contributed by atoms with van der Waals surface area (Å²) in [5, 5.41) is 0.291. The highest BCUT2D eigenvalue weighted by Crippen LogP contribution is 2.39. The summed E-state index contributed by atoms with van der Waals surface area (Å²) in [4.78, 5) is 3.63. The first-order chi connectivity index (χ1) is 12.8. The van der Waals surface area contributed by atoms with Crippen molar-refractivity contribution < 1.29 is 22.6 Å². The highest BCUT2D eigenvalue weighted by Gasteiger charge is 2.30. The minimum atomic E-state index is -4.47. The first-order valence-electron chi connectivity index (χ1n) is 7.70. The minimum absolute atomic E-state index is 0.0650. The van der Waals surface area contributed by atoms with Crippen molar-refractivity contribution in [1.82, 2.24) is 4.98 Å². The van der Waals surface area contributed by atoms with Crippen LogP contribution in [-0.2, 0) is 12.8 Å². The van der Waals surface area contributed by atoms with Crippen LogP contribution in [0.1, 0.15) is 11.1 Å². The van der Waals surface area contributed by atoms with Gasteiger partial charge in [-0.25, -0.2) is 4.98 Å². The molecule has 27 heavy (non-hydrogen) atoms. The molecular weight excluding hydrogens is 402 g/mol. The topological polar surface area (TPSA) is 31.4 Å². The van der Waals surface area contributed by atoms with Crippen LogP contribution < -0.4 is 9.47 Å². The predicted molar refractivity (Wildman–Crippen MR) is 96.5 cm³/mol. The Hall–Kier alpha value is -2.44. The molecule has 0 unspecified atom stereocenters. The van der Waals surface area contributed by atoms with Gasteiger partial charge in [-0.3, -0.25) is 0 Å². The monoisotopic (exact) mass is 413 g/mol. The molecule has 3 nitrogen and oxygen atoms in total. The quantitative estimate of drug-likeness (QED) is 0.461. The predicted octanol–water partition coefficient (Wildman–Crippen LogP) is 6.78. The molecule has 0 aliphatic rings. The fourth-order valence-corrected chi connectivity index (χ4v) is 2.72. The Morgan fingerprint density at radius 3 is 2.15 bits per heavy atom. The molecule has 0 aliphatic heterocycles. The normalized spacial score (nSPS) is 11.3. The van der Waals surface area contributed by atoms with E-state index in [0.717, 1.165) is 17.7 Å². The fourth-order valence-electron chi connectivity index (χ4n) is 2.17. The van der Waals surface area contributed by atoms with E-state index < -0.39 is 11.7 Å². The first-order valence-corrected chi connectivity index (χ1v) is 8.45. The Morgan fingerprint density at radius 2 is 1.59 bits per heavy atom. The first kappa shape index (κ1) is 19.3. The Balaban J connectivity index is 1.73. The molecule has 0 spiro atoms. The molecule has 0 saturated heterocycles. The zero-order valence-electron chi connectivity index (χ0n) is 13.6. The van der Waals surface area contributed by atoms with E-state index in [1.165, 1.54) is 12.1 Å². The van der Waals surface area contributed by atoms with E-state index in [1.54, 1.807) is 0 Å². The van der Waals surface area contributed by atoms with E-state index in [4.69, 9.17) is 32.7 Å². The Bertz CT molecular complexity index is 893. The summed E-state index contributed by atoms with van der Waals surface area (Å²) < 4.78 is 48.8. The van der Waals surface area contributed by atoms with Crippen LogP contribution in [0.5, 0.6) is 17.4 Å². The van der Waals surface area contributed by atoms with Crippen molar-refractivity contribution in [2.24, 2.45) is 0 Å². The zero-order chi connectivity index (χ0) is 19.4. The summed E-state index contributed by atoms with van der Waals surface area (Å²) in [5.74, 6) is 0.448. The molecule has 8 heteroatoms. The van der Waals surface area contributed by atoms with Gasteiger partial charge in [-0.05, 0) is 11.6 Å². The summed E-state index contributed by atoms with van der Waals surface area (Å²) in [7, 11) is 0. The lowest BCUT2D eigenvalue weighted by atomic mass is 10.2. The number of pyridine rings is 1. The SMILES string of the molecule is FC(F)(F)c1ccc(Oc2c(Cl)cc(OCc3ccccc3)cc2Cl)nc1. The second-order valence-electron chi connectivity index (χ2n) is 5.48. The second-order valence-corrected chi connectivity index (χ2v) is 6.29. The van der Waals surface area contributed by atoms with Gasteiger partial charge in [-0.15, -0.1) is 0 Å². The lowest BCUT2D eigenvalue weighted by Gasteiger charge is -2.12. The van der Waals surface area contributed by atoms with Crippen molar-refractivity contribution in [3.63, 3.8) is 0 Å². The van der Waals surface area contributed by atoms with Crippen molar-refractivity contribution in [2.75, 3.05) is 0 Å². The molecule has 0 aliphatic carbocycles. The van der Waals surface area contributed by atoms with Crippen molar-refractivity contribution in [1.29, 1.82) is 0 Å². The molecule has 1 heterocycles. The Kier molecular flexibility index (Phi) is 5.77. The molecule has 0 bridgehead atoms. The van der Waals surface area contributed by atoms with Crippen molar-refractivity contribution in [3.05, 3.63) is 82.0 Å². The molecule has 2 aromatic carbocycles. The summed E-state index contributed by atoms with van der Waals surface area (Å²) in [5.41, 5.74) is 0.0933. The van der Waals surface area contributed by atoms with Gasteiger partial charge in [-0.1, -0.05) is 53.5 Å². The standard InChI is InChI=1S/C19H12Cl2F3NO2/c20-15-8-14(26-11-12-4-2-1-3-5-12)9-16(21)18(15)27-17-7-6-13(10-25-17)19(22,23)24/h1-10H,11H2. The number of rotatable bonds is 5. The summed E-state index contributed by atoms with van der Waals surface area (Å²) in [6, 6.07) is 14.5. The number of ether oxygens (including phenoxy) is 2.